The lowest BCUT2D eigenvalue weighted by Crippen LogP contribution is -2.61. The number of halogens is 1. The quantitative estimate of drug-likeness (QED) is 0.467. The van der Waals surface area contributed by atoms with Crippen LogP contribution in [0.25, 0.3) is 11.0 Å². The molecule has 2 aliphatic rings. The summed E-state index contributed by atoms with van der Waals surface area (Å²) in [5.74, 6) is 0.618. The average Bonchev–Trinajstić information content (AvgIpc) is 3.25. The largest absolute Gasteiger partial charge is 0.335 e. The molecule has 0 bridgehead atoms. The Labute approximate surface area is 201 Å². The first-order valence-electron chi connectivity index (χ1n) is 11.2. The highest BCUT2D eigenvalue weighted by Crippen LogP contribution is 2.26. The lowest BCUT2D eigenvalue weighted by Gasteiger charge is -2.46. The highest BCUT2D eigenvalue weighted by molar-refractivity contribution is 6.30. The zero-order chi connectivity index (χ0) is 23.2. The van der Waals surface area contributed by atoms with Gasteiger partial charge in [0.15, 0.2) is 0 Å². The van der Waals surface area contributed by atoms with E-state index in [-0.39, 0.29) is 5.91 Å². The van der Waals surface area contributed by atoms with Gasteiger partial charge in [0.05, 0.1) is 11.2 Å². The van der Waals surface area contributed by atoms with E-state index in [0.717, 1.165) is 60.6 Å². The summed E-state index contributed by atoms with van der Waals surface area (Å²) in [6, 6.07) is 11.6. The Kier molecular flexibility index (Phi) is 5.15. The van der Waals surface area contributed by atoms with Crippen LogP contribution in [0.3, 0.4) is 0 Å². The normalized spacial score (nSPS) is 16.4. The van der Waals surface area contributed by atoms with Crippen molar-refractivity contribution < 1.29 is 4.79 Å². The van der Waals surface area contributed by atoms with Crippen LogP contribution in [-0.2, 0) is 13.0 Å². The van der Waals surface area contributed by atoms with Gasteiger partial charge in [0.2, 0.25) is 5.95 Å². The van der Waals surface area contributed by atoms with Crippen LogP contribution in [0.5, 0.6) is 0 Å². The molecule has 0 saturated carbocycles. The second kappa shape index (κ2) is 8.34. The maximum atomic E-state index is 12.9. The van der Waals surface area contributed by atoms with Gasteiger partial charge in [0.1, 0.15) is 5.52 Å². The van der Waals surface area contributed by atoms with E-state index in [1.54, 1.807) is 6.07 Å². The van der Waals surface area contributed by atoms with Crippen molar-refractivity contribution in [3.63, 3.8) is 0 Å². The molecule has 172 valence electrons. The summed E-state index contributed by atoms with van der Waals surface area (Å²) in [5, 5.41) is 14.5. The van der Waals surface area contributed by atoms with E-state index in [4.69, 9.17) is 16.6 Å². The lowest BCUT2D eigenvalue weighted by atomic mass is 10.00. The Morgan fingerprint density at radius 3 is 2.94 bits per heavy atom. The number of amides is 1. The van der Waals surface area contributed by atoms with Gasteiger partial charge in [-0.2, -0.15) is 0 Å². The summed E-state index contributed by atoms with van der Waals surface area (Å²) in [6.07, 6.45) is 2.76. The fourth-order valence-corrected chi connectivity index (χ4v) is 4.95. The maximum Gasteiger partial charge on any atom is 0.254 e. The molecule has 1 saturated heterocycles. The van der Waals surface area contributed by atoms with Gasteiger partial charge in [0, 0.05) is 66.7 Å². The Hall–Kier alpha value is -3.56. The summed E-state index contributed by atoms with van der Waals surface area (Å²) in [4.78, 5) is 26.4. The third kappa shape index (κ3) is 3.97. The van der Waals surface area contributed by atoms with Crippen molar-refractivity contribution in [2.24, 2.45) is 0 Å². The van der Waals surface area contributed by atoms with Crippen LogP contribution in [0.1, 0.15) is 27.2 Å². The topological polar surface area (TPSA) is 103 Å². The SMILES string of the molecule is Cc1cc(Cl)cc(Nc2ncc3c(n2)CCN(C2CN(C(=O)c4ccc5[nH]nnc5c4)C2)C3)c1. The number of hydrogen-bond acceptors (Lipinski definition) is 7. The Morgan fingerprint density at radius 2 is 2.09 bits per heavy atom. The predicted octanol–water partition coefficient (Wildman–Crippen LogP) is 3.34. The summed E-state index contributed by atoms with van der Waals surface area (Å²) >= 11 is 6.16. The minimum atomic E-state index is 0.0360. The van der Waals surface area contributed by atoms with Crippen molar-refractivity contribution in [2.75, 3.05) is 25.0 Å². The van der Waals surface area contributed by atoms with Crippen LogP contribution < -0.4 is 5.32 Å². The number of carbonyl (C=O) groups is 1. The van der Waals surface area contributed by atoms with E-state index in [9.17, 15) is 4.79 Å². The number of nitrogens with one attached hydrogen (secondary N) is 2. The van der Waals surface area contributed by atoms with Crippen LogP contribution in [0.4, 0.5) is 11.6 Å². The number of aromatic amines is 1. The summed E-state index contributed by atoms with van der Waals surface area (Å²) in [7, 11) is 0. The lowest BCUT2D eigenvalue weighted by molar-refractivity contribution is 0.0216. The number of carbonyl (C=O) groups excluding carboxylic acids is 1. The van der Waals surface area contributed by atoms with Gasteiger partial charge in [-0.3, -0.25) is 14.8 Å². The number of benzene rings is 2. The van der Waals surface area contributed by atoms with Crippen molar-refractivity contribution in [2.45, 2.75) is 25.9 Å². The van der Waals surface area contributed by atoms with Gasteiger partial charge in [0.25, 0.3) is 5.91 Å². The third-order valence-corrected chi connectivity index (χ3v) is 6.72. The number of H-pyrrole nitrogens is 1. The first kappa shape index (κ1) is 21.0. The van der Waals surface area contributed by atoms with Gasteiger partial charge in [-0.25, -0.2) is 9.97 Å². The van der Waals surface area contributed by atoms with Crippen LogP contribution in [-0.4, -0.2) is 66.8 Å². The Morgan fingerprint density at radius 1 is 1.21 bits per heavy atom. The zero-order valence-corrected chi connectivity index (χ0v) is 19.4. The Bertz CT molecular complexity index is 1380. The van der Waals surface area contributed by atoms with Gasteiger partial charge in [-0.15, -0.1) is 5.10 Å². The number of aromatic nitrogens is 5. The maximum absolute atomic E-state index is 12.9. The van der Waals surface area contributed by atoms with E-state index in [0.29, 0.717) is 28.1 Å². The highest BCUT2D eigenvalue weighted by atomic mass is 35.5. The van der Waals surface area contributed by atoms with Gasteiger partial charge >= 0.3 is 0 Å². The van der Waals surface area contributed by atoms with E-state index in [2.05, 4.69) is 30.6 Å². The van der Waals surface area contributed by atoms with E-state index < -0.39 is 0 Å². The van der Waals surface area contributed by atoms with E-state index in [1.807, 2.05) is 48.4 Å². The molecule has 2 aromatic heterocycles. The van der Waals surface area contributed by atoms with Crippen molar-refractivity contribution in [1.29, 1.82) is 0 Å². The Balaban J connectivity index is 1.08. The molecular weight excluding hydrogens is 452 g/mol. The van der Waals surface area contributed by atoms with Crippen molar-refractivity contribution in [3.05, 3.63) is 70.0 Å². The molecule has 2 aromatic carbocycles. The molecule has 4 aromatic rings. The average molecular weight is 475 g/mol. The third-order valence-electron chi connectivity index (χ3n) is 6.50. The number of likely N-dealkylation sites (tertiary alicyclic amines) is 1. The van der Waals surface area contributed by atoms with Crippen LogP contribution >= 0.6 is 11.6 Å². The van der Waals surface area contributed by atoms with Crippen molar-refractivity contribution in [1.82, 2.24) is 35.2 Å². The minimum absolute atomic E-state index is 0.0360. The fraction of sp³-hybridized carbons (Fsp3) is 0.292. The monoisotopic (exact) mass is 474 g/mol. The molecule has 0 spiro atoms. The molecule has 2 aliphatic heterocycles. The number of rotatable bonds is 4. The van der Waals surface area contributed by atoms with E-state index in [1.165, 1.54) is 0 Å². The van der Waals surface area contributed by atoms with Crippen LogP contribution in [0.15, 0.2) is 42.6 Å². The molecule has 9 nitrogen and oxygen atoms in total. The molecule has 0 atom stereocenters. The van der Waals surface area contributed by atoms with Gasteiger partial charge in [-0.1, -0.05) is 16.8 Å². The van der Waals surface area contributed by atoms with Crippen molar-refractivity contribution in [3.8, 4) is 0 Å². The number of anilines is 2. The molecule has 1 fully saturated rings. The second-order valence-corrected chi connectivity index (χ2v) is 9.37. The van der Waals surface area contributed by atoms with Gasteiger partial charge < -0.3 is 10.2 Å². The predicted molar refractivity (Wildman–Crippen MR) is 129 cm³/mol. The fourth-order valence-electron chi connectivity index (χ4n) is 4.66. The molecule has 10 heteroatoms. The number of hydrogen-bond donors (Lipinski definition) is 2. The number of fused-ring (bicyclic) bond motifs is 2. The van der Waals surface area contributed by atoms with E-state index >= 15 is 0 Å². The van der Waals surface area contributed by atoms with Crippen LogP contribution in [0, 0.1) is 6.92 Å². The zero-order valence-electron chi connectivity index (χ0n) is 18.6. The number of aryl methyl sites for hydroxylation is 1. The summed E-state index contributed by atoms with van der Waals surface area (Å²) in [5.41, 5.74) is 6.34. The molecule has 6 rings (SSSR count). The van der Waals surface area contributed by atoms with Crippen LogP contribution in [0.2, 0.25) is 5.02 Å². The molecule has 0 radical (unpaired) electrons. The first-order chi connectivity index (χ1) is 16.5. The molecule has 0 aliphatic carbocycles. The molecule has 0 unspecified atom stereocenters. The molecular formula is C24H23ClN8O. The molecule has 34 heavy (non-hydrogen) atoms. The molecule has 2 N–H and O–H groups in total. The first-order valence-corrected chi connectivity index (χ1v) is 11.6. The summed E-state index contributed by atoms with van der Waals surface area (Å²) in [6.45, 7) is 5.16. The number of nitrogens with zero attached hydrogens (tertiary/aromatic N) is 6. The van der Waals surface area contributed by atoms with Crippen molar-refractivity contribution >= 4 is 40.2 Å². The summed E-state index contributed by atoms with van der Waals surface area (Å²) < 4.78 is 0. The standard InChI is InChI=1S/C24H23ClN8O/c1-14-6-17(25)9-18(7-14)27-24-26-10-16-11-32(5-4-20(16)28-24)19-12-33(13-19)23(34)15-2-3-21-22(8-15)30-31-29-21/h2-3,6-10,19H,4-5,11-13H2,1H3,(H,26,27,28)(H,29,30,31). The van der Waals surface area contributed by atoms with Gasteiger partial charge in [-0.05, 0) is 48.9 Å². The molecule has 4 heterocycles. The smallest absolute Gasteiger partial charge is 0.254 e. The molecule has 1 amide bonds. The highest BCUT2D eigenvalue weighted by Gasteiger charge is 2.36. The second-order valence-electron chi connectivity index (χ2n) is 8.94. The minimum Gasteiger partial charge on any atom is -0.335 e.